The van der Waals surface area contributed by atoms with E-state index in [9.17, 15) is 13.2 Å². The van der Waals surface area contributed by atoms with Crippen LogP contribution in [-0.2, 0) is 14.8 Å². The van der Waals surface area contributed by atoms with Crippen LogP contribution in [0.1, 0.15) is 24.2 Å². The number of hydrogen-bond acceptors (Lipinski definition) is 4. The molecule has 0 saturated heterocycles. The number of amides is 1. The summed E-state index contributed by atoms with van der Waals surface area (Å²) >= 11 is 5.84. The topological polar surface area (TPSA) is 98.5 Å². The van der Waals surface area contributed by atoms with Gasteiger partial charge in [0.15, 0.2) is 0 Å². The van der Waals surface area contributed by atoms with Crippen LogP contribution in [0.2, 0.25) is 5.02 Å². The third-order valence-corrected chi connectivity index (χ3v) is 4.04. The number of nitrogens with two attached hydrogens (primary N) is 1. The van der Waals surface area contributed by atoms with Gasteiger partial charge in [0.25, 0.3) is 5.91 Å². The lowest BCUT2D eigenvalue weighted by Crippen LogP contribution is -2.41. The molecule has 0 spiro atoms. The second kappa shape index (κ2) is 7.22. The number of hydrogen-bond donors (Lipinski definition) is 2. The molecule has 0 aliphatic rings. The third-order valence-electron chi connectivity index (χ3n) is 2.93. The minimum atomic E-state index is -3.93. The summed E-state index contributed by atoms with van der Waals surface area (Å²) in [6, 6.07) is 3.58. The van der Waals surface area contributed by atoms with Crippen molar-refractivity contribution in [2.75, 3.05) is 13.7 Å². The Balaban J connectivity index is 3.05. The highest BCUT2D eigenvalue weighted by atomic mass is 35.5. The van der Waals surface area contributed by atoms with Gasteiger partial charge in [0.2, 0.25) is 10.0 Å². The molecule has 0 saturated carbocycles. The maximum absolute atomic E-state index is 12.2. The van der Waals surface area contributed by atoms with E-state index in [2.05, 4.69) is 5.32 Å². The van der Waals surface area contributed by atoms with Crippen LogP contribution in [0, 0.1) is 5.92 Å². The fourth-order valence-corrected chi connectivity index (χ4v) is 2.57. The summed E-state index contributed by atoms with van der Waals surface area (Å²) < 4.78 is 27.8. The number of nitrogens with one attached hydrogen (secondary N) is 1. The smallest absolute Gasteiger partial charge is 0.251 e. The van der Waals surface area contributed by atoms with Crippen LogP contribution in [0.4, 0.5) is 0 Å². The monoisotopic (exact) mass is 334 g/mol. The molecule has 0 heterocycles. The molecule has 0 fully saturated rings. The molecule has 0 aliphatic carbocycles. The van der Waals surface area contributed by atoms with Crippen LogP contribution < -0.4 is 10.5 Å². The zero-order chi connectivity index (χ0) is 16.2. The predicted molar refractivity (Wildman–Crippen MR) is 80.8 cm³/mol. The largest absolute Gasteiger partial charge is 0.383 e. The molecule has 0 radical (unpaired) electrons. The summed E-state index contributed by atoms with van der Waals surface area (Å²) in [5.41, 5.74) is 0.133. The van der Waals surface area contributed by atoms with Gasteiger partial charge in [0, 0.05) is 17.7 Å². The first-order valence-electron chi connectivity index (χ1n) is 6.28. The van der Waals surface area contributed by atoms with Crippen LogP contribution in [0.3, 0.4) is 0 Å². The Morgan fingerprint density at radius 3 is 2.48 bits per heavy atom. The lowest BCUT2D eigenvalue weighted by molar-refractivity contribution is 0.0866. The SMILES string of the molecule is COCC(NC(=O)c1cc(Cl)cc(S(N)(=O)=O)c1)C(C)C. The van der Waals surface area contributed by atoms with Crippen molar-refractivity contribution in [2.24, 2.45) is 11.1 Å². The number of rotatable bonds is 6. The van der Waals surface area contributed by atoms with E-state index < -0.39 is 15.9 Å². The Kier molecular flexibility index (Phi) is 6.15. The fourth-order valence-electron chi connectivity index (χ4n) is 1.69. The molecule has 1 atom stereocenters. The summed E-state index contributed by atoms with van der Waals surface area (Å²) in [4.78, 5) is 12.0. The molecule has 1 amide bonds. The van der Waals surface area contributed by atoms with Gasteiger partial charge in [-0.15, -0.1) is 0 Å². The predicted octanol–water partition coefficient (Wildman–Crippen LogP) is 1.39. The normalized spacial score (nSPS) is 13.2. The highest BCUT2D eigenvalue weighted by Crippen LogP contribution is 2.18. The summed E-state index contributed by atoms with van der Waals surface area (Å²) in [6.45, 7) is 4.24. The molecule has 21 heavy (non-hydrogen) atoms. The number of halogens is 1. The van der Waals surface area contributed by atoms with E-state index >= 15 is 0 Å². The molecule has 3 N–H and O–H groups in total. The summed E-state index contributed by atoms with van der Waals surface area (Å²) in [7, 11) is -2.38. The molecule has 0 aliphatic heterocycles. The van der Waals surface area contributed by atoms with Crippen LogP contribution in [0.15, 0.2) is 23.1 Å². The zero-order valence-corrected chi connectivity index (χ0v) is 13.7. The van der Waals surface area contributed by atoms with Crippen LogP contribution in [0.25, 0.3) is 0 Å². The van der Waals surface area contributed by atoms with Crippen molar-refractivity contribution in [1.82, 2.24) is 5.32 Å². The Labute approximate surface area is 129 Å². The first-order valence-corrected chi connectivity index (χ1v) is 8.20. The standard InChI is InChI=1S/C13H19ClN2O4S/c1-8(2)12(7-20-3)16-13(17)9-4-10(14)6-11(5-9)21(15,18)19/h4-6,8,12H,7H2,1-3H3,(H,16,17)(H2,15,18,19). The molecule has 8 heteroatoms. The summed E-state index contributed by atoms with van der Waals surface area (Å²) in [6.07, 6.45) is 0. The lowest BCUT2D eigenvalue weighted by Gasteiger charge is -2.21. The summed E-state index contributed by atoms with van der Waals surface area (Å²) in [5.74, 6) is -0.274. The molecule has 1 aromatic carbocycles. The van der Waals surface area contributed by atoms with Gasteiger partial charge in [-0.2, -0.15) is 0 Å². The summed E-state index contributed by atoms with van der Waals surface area (Å²) in [5, 5.41) is 7.96. The lowest BCUT2D eigenvalue weighted by atomic mass is 10.0. The van der Waals surface area contributed by atoms with Gasteiger partial charge >= 0.3 is 0 Å². The number of ether oxygens (including phenoxy) is 1. The average molecular weight is 335 g/mol. The minimum Gasteiger partial charge on any atom is -0.383 e. The quantitative estimate of drug-likeness (QED) is 0.821. The van der Waals surface area contributed by atoms with Crippen LogP contribution >= 0.6 is 11.6 Å². The maximum atomic E-state index is 12.2. The maximum Gasteiger partial charge on any atom is 0.251 e. The van der Waals surface area contributed by atoms with Crippen molar-refractivity contribution in [3.05, 3.63) is 28.8 Å². The molecular weight excluding hydrogens is 316 g/mol. The van der Waals surface area contributed by atoms with Gasteiger partial charge < -0.3 is 10.1 Å². The van der Waals surface area contributed by atoms with Crippen molar-refractivity contribution in [3.8, 4) is 0 Å². The van der Waals surface area contributed by atoms with Crippen molar-refractivity contribution in [1.29, 1.82) is 0 Å². The van der Waals surface area contributed by atoms with E-state index in [1.54, 1.807) is 7.11 Å². The van der Waals surface area contributed by atoms with Crippen molar-refractivity contribution in [3.63, 3.8) is 0 Å². The van der Waals surface area contributed by atoms with Gasteiger partial charge in [0.05, 0.1) is 17.5 Å². The number of primary sulfonamides is 1. The molecule has 0 aromatic heterocycles. The van der Waals surface area contributed by atoms with Crippen LogP contribution in [0.5, 0.6) is 0 Å². The molecule has 1 aromatic rings. The number of carbonyl (C=O) groups is 1. The Bertz CT molecular complexity index is 617. The highest BCUT2D eigenvalue weighted by molar-refractivity contribution is 7.89. The molecular formula is C13H19ClN2O4S. The van der Waals surface area contributed by atoms with Crippen molar-refractivity contribution >= 4 is 27.5 Å². The fraction of sp³-hybridized carbons (Fsp3) is 0.462. The Morgan fingerprint density at radius 1 is 1.38 bits per heavy atom. The minimum absolute atomic E-state index is 0.125. The van der Waals surface area contributed by atoms with Crippen molar-refractivity contribution in [2.45, 2.75) is 24.8 Å². The first kappa shape index (κ1) is 17.9. The number of sulfonamides is 1. The average Bonchev–Trinajstić information content (AvgIpc) is 2.36. The molecule has 0 bridgehead atoms. The van der Waals surface area contributed by atoms with Gasteiger partial charge in [-0.05, 0) is 24.1 Å². The second-order valence-electron chi connectivity index (χ2n) is 5.00. The Morgan fingerprint density at radius 2 is 2.00 bits per heavy atom. The van der Waals surface area contributed by atoms with E-state index in [4.69, 9.17) is 21.5 Å². The van der Waals surface area contributed by atoms with E-state index in [1.807, 2.05) is 13.8 Å². The van der Waals surface area contributed by atoms with Gasteiger partial charge in [-0.25, -0.2) is 13.6 Å². The first-order chi connectivity index (χ1) is 9.65. The van der Waals surface area contributed by atoms with E-state index in [1.165, 1.54) is 18.2 Å². The molecule has 118 valence electrons. The van der Waals surface area contributed by atoms with Crippen molar-refractivity contribution < 1.29 is 17.9 Å². The highest BCUT2D eigenvalue weighted by Gasteiger charge is 2.19. The third kappa shape index (κ3) is 5.28. The molecule has 1 rings (SSSR count). The van der Waals surface area contributed by atoms with Gasteiger partial charge in [-0.3, -0.25) is 4.79 Å². The zero-order valence-electron chi connectivity index (χ0n) is 12.1. The van der Waals surface area contributed by atoms with E-state index in [0.717, 1.165) is 0 Å². The van der Waals surface area contributed by atoms with E-state index in [-0.39, 0.29) is 27.4 Å². The molecule has 1 unspecified atom stereocenters. The number of methoxy groups -OCH3 is 1. The van der Waals surface area contributed by atoms with E-state index in [0.29, 0.717) is 6.61 Å². The number of carbonyl (C=O) groups excluding carboxylic acids is 1. The van der Waals surface area contributed by atoms with Gasteiger partial charge in [0.1, 0.15) is 0 Å². The van der Waals surface area contributed by atoms with Gasteiger partial charge in [-0.1, -0.05) is 25.4 Å². The number of benzene rings is 1. The van der Waals surface area contributed by atoms with Crippen LogP contribution in [-0.4, -0.2) is 34.1 Å². The molecule has 6 nitrogen and oxygen atoms in total. The Hall–Kier alpha value is -1.15. The second-order valence-corrected chi connectivity index (χ2v) is 7.00.